The van der Waals surface area contributed by atoms with Gasteiger partial charge >= 0.3 is 0 Å². The standard InChI is InChI=1S/C22H20Cl3NO2/c1-14-3-6-18(24)11-20(14)26-12-16-9-19(25)22(21(10-16)27-2)28-13-15-4-7-17(23)8-5-15/h3-11,26H,12-13H2,1-2H3. The third-order valence-electron chi connectivity index (χ3n) is 4.27. The zero-order chi connectivity index (χ0) is 20.1. The van der Waals surface area contributed by atoms with Crippen molar-refractivity contribution in [3.8, 4) is 11.5 Å². The largest absolute Gasteiger partial charge is 0.493 e. The summed E-state index contributed by atoms with van der Waals surface area (Å²) >= 11 is 18.5. The highest BCUT2D eigenvalue weighted by molar-refractivity contribution is 6.32. The van der Waals surface area contributed by atoms with Crippen LogP contribution in [0.5, 0.6) is 11.5 Å². The molecule has 28 heavy (non-hydrogen) atoms. The van der Waals surface area contributed by atoms with Crippen LogP contribution in [-0.2, 0) is 13.2 Å². The molecule has 0 unspecified atom stereocenters. The molecule has 0 heterocycles. The molecule has 3 aromatic carbocycles. The molecule has 0 spiro atoms. The van der Waals surface area contributed by atoms with E-state index in [2.05, 4.69) is 5.32 Å². The van der Waals surface area contributed by atoms with Gasteiger partial charge in [0.05, 0.1) is 12.1 Å². The average molecular weight is 437 g/mol. The molecular formula is C22H20Cl3NO2. The van der Waals surface area contributed by atoms with Crippen LogP contribution in [-0.4, -0.2) is 7.11 Å². The first kappa shape index (κ1) is 20.7. The molecule has 0 radical (unpaired) electrons. The van der Waals surface area contributed by atoms with Crippen LogP contribution < -0.4 is 14.8 Å². The lowest BCUT2D eigenvalue weighted by atomic mass is 10.1. The van der Waals surface area contributed by atoms with Crippen molar-refractivity contribution in [1.29, 1.82) is 0 Å². The summed E-state index contributed by atoms with van der Waals surface area (Å²) in [5.41, 5.74) is 4.06. The van der Waals surface area contributed by atoms with Crippen LogP contribution in [0.25, 0.3) is 0 Å². The minimum atomic E-state index is 0.368. The Hall–Kier alpha value is -2.07. The lowest BCUT2D eigenvalue weighted by Crippen LogP contribution is -2.03. The predicted octanol–water partition coefficient (Wildman–Crippen LogP) is 7.15. The summed E-state index contributed by atoms with van der Waals surface area (Å²) in [6.07, 6.45) is 0. The maximum Gasteiger partial charge on any atom is 0.180 e. The third-order valence-corrected chi connectivity index (χ3v) is 5.04. The lowest BCUT2D eigenvalue weighted by molar-refractivity contribution is 0.284. The Morgan fingerprint density at radius 2 is 1.57 bits per heavy atom. The van der Waals surface area contributed by atoms with Crippen LogP contribution >= 0.6 is 34.8 Å². The second kappa shape index (κ2) is 9.42. The van der Waals surface area contributed by atoms with Crippen LogP contribution in [0.1, 0.15) is 16.7 Å². The number of aryl methyl sites for hydroxylation is 1. The molecule has 1 N–H and O–H groups in total. The Morgan fingerprint density at radius 3 is 2.29 bits per heavy atom. The molecule has 6 heteroatoms. The van der Waals surface area contributed by atoms with E-state index < -0.39 is 0 Å². The molecule has 0 aliphatic heterocycles. The van der Waals surface area contributed by atoms with Crippen molar-refractivity contribution in [3.05, 3.63) is 86.4 Å². The second-order valence-electron chi connectivity index (χ2n) is 6.34. The SMILES string of the molecule is COc1cc(CNc2cc(Cl)ccc2C)cc(Cl)c1OCc1ccc(Cl)cc1. The molecule has 0 bridgehead atoms. The number of methoxy groups -OCH3 is 1. The van der Waals surface area contributed by atoms with E-state index in [1.165, 1.54) is 0 Å². The molecule has 0 atom stereocenters. The summed E-state index contributed by atoms with van der Waals surface area (Å²) in [4.78, 5) is 0. The quantitative estimate of drug-likeness (QED) is 0.426. The summed E-state index contributed by atoms with van der Waals surface area (Å²) in [7, 11) is 1.60. The van der Waals surface area contributed by atoms with Gasteiger partial charge in [-0.3, -0.25) is 0 Å². The first-order chi connectivity index (χ1) is 13.5. The molecule has 3 aromatic rings. The zero-order valence-electron chi connectivity index (χ0n) is 15.6. The van der Waals surface area contributed by atoms with Gasteiger partial charge in [0.2, 0.25) is 0 Å². The minimum absolute atomic E-state index is 0.368. The van der Waals surface area contributed by atoms with Crippen LogP contribution in [0.4, 0.5) is 5.69 Å². The summed E-state index contributed by atoms with van der Waals surface area (Å²) < 4.78 is 11.4. The molecular weight excluding hydrogens is 417 g/mol. The van der Waals surface area contributed by atoms with E-state index >= 15 is 0 Å². The monoisotopic (exact) mass is 435 g/mol. The van der Waals surface area contributed by atoms with Crippen molar-refractivity contribution in [3.63, 3.8) is 0 Å². The van der Waals surface area contributed by atoms with E-state index in [0.29, 0.717) is 39.7 Å². The number of hydrogen-bond acceptors (Lipinski definition) is 3. The fraction of sp³-hybridized carbons (Fsp3) is 0.182. The van der Waals surface area contributed by atoms with Gasteiger partial charge in [-0.05, 0) is 60.0 Å². The Labute approximate surface area is 180 Å². The van der Waals surface area contributed by atoms with E-state index in [1.54, 1.807) is 7.11 Å². The highest BCUT2D eigenvalue weighted by Gasteiger charge is 2.13. The fourth-order valence-corrected chi connectivity index (χ4v) is 3.32. The number of nitrogens with one attached hydrogen (secondary N) is 1. The number of anilines is 1. The summed E-state index contributed by atoms with van der Waals surface area (Å²) in [5.74, 6) is 1.10. The van der Waals surface area contributed by atoms with Gasteiger partial charge in [0.25, 0.3) is 0 Å². The maximum absolute atomic E-state index is 6.47. The molecule has 0 aliphatic rings. The van der Waals surface area contributed by atoms with E-state index in [4.69, 9.17) is 44.3 Å². The number of ether oxygens (including phenoxy) is 2. The normalized spacial score (nSPS) is 10.6. The Bertz CT molecular complexity index is 959. The van der Waals surface area contributed by atoms with Gasteiger partial charge in [0, 0.05) is 22.3 Å². The number of halogens is 3. The van der Waals surface area contributed by atoms with Gasteiger partial charge in [-0.15, -0.1) is 0 Å². The van der Waals surface area contributed by atoms with Gasteiger partial charge in [-0.2, -0.15) is 0 Å². The first-order valence-corrected chi connectivity index (χ1v) is 9.83. The average Bonchev–Trinajstić information content (AvgIpc) is 2.68. The smallest absolute Gasteiger partial charge is 0.180 e. The van der Waals surface area contributed by atoms with Crippen molar-refractivity contribution in [2.45, 2.75) is 20.1 Å². The summed E-state index contributed by atoms with van der Waals surface area (Å²) in [5, 5.41) is 5.25. The summed E-state index contributed by atoms with van der Waals surface area (Å²) in [6, 6.07) is 17.0. The van der Waals surface area contributed by atoms with Gasteiger partial charge in [0.15, 0.2) is 11.5 Å². The van der Waals surface area contributed by atoms with E-state index in [1.807, 2.05) is 61.5 Å². The number of hydrogen-bond donors (Lipinski definition) is 1. The van der Waals surface area contributed by atoms with E-state index in [0.717, 1.165) is 22.4 Å². The first-order valence-electron chi connectivity index (χ1n) is 8.70. The number of rotatable bonds is 7. The van der Waals surface area contributed by atoms with Crippen molar-refractivity contribution in [2.75, 3.05) is 12.4 Å². The van der Waals surface area contributed by atoms with Crippen LogP contribution in [0.2, 0.25) is 15.1 Å². The number of benzene rings is 3. The molecule has 146 valence electrons. The Morgan fingerprint density at radius 1 is 0.857 bits per heavy atom. The molecule has 0 amide bonds. The highest BCUT2D eigenvalue weighted by atomic mass is 35.5. The van der Waals surface area contributed by atoms with Gasteiger partial charge in [-0.25, -0.2) is 0 Å². The zero-order valence-corrected chi connectivity index (χ0v) is 17.8. The van der Waals surface area contributed by atoms with Gasteiger partial charge < -0.3 is 14.8 Å². The van der Waals surface area contributed by atoms with Crippen molar-refractivity contribution >= 4 is 40.5 Å². The fourth-order valence-electron chi connectivity index (χ4n) is 2.73. The molecule has 0 saturated heterocycles. The van der Waals surface area contributed by atoms with Crippen molar-refractivity contribution in [2.24, 2.45) is 0 Å². The van der Waals surface area contributed by atoms with E-state index in [9.17, 15) is 0 Å². The predicted molar refractivity (Wildman–Crippen MR) is 117 cm³/mol. The second-order valence-corrected chi connectivity index (χ2v) is 7.62. The van der Waals surface area contributed by atoms with Crippen molar-refractivity contribution in [1.82, 2.24) is 0 Å². The van der Waals surface area contributed by atoms with Crippen LogP contribution in [0.3, 0.4) is 0 Å². The summed E-state index contributed by atoms with van der Waals surface area (Å²) in [6.45, 7) is 2.97. The molecule has 0 aromatic heterocycles. The Balaban J connectivity index is 1.73. The van der Waals surface area contributed by atoms with Crippen LogP contribution in [0, 0.1) is 6.92 Å². The molecule has 0 fully saturated rings. The van der Waals surface area contributed by atoms with Gasteiger partial charge in [0.1, 0.15) is 6.61 Å². The van der Waals surface area contributed by atoms with E-state index in [-0.39, 0.29) is 0 Å². The molecule has 3 nitrogen and oxygen atoms in total. The van der Waals surface area contributed by atoms with Crippen molar-refractivity contribution < 1.29 is 9.47 Å². The minimum Gasteiger partial charge on any atom is -0.493 e. The Kier molecular flexibility index (Phi) is 6.95. The third kappa shape index (κ3) is 5.26. The van der Waals surface area contributed by atoms with Crippen LogP contribution in [0.15, 0.2) is 54.6 Å². The maximum atomic E-state index is 6.47. The molecule has 0 saturated carbocycles. The lowest BCUT2D eigenvalue weighted by Gasteiger charge is -2.15. The molecule has 3 rings (SSSR count). The topological polar surface area (TPSA) is 30.5 Å². The van der Waals surface area contributed by atoms with Gasteiger partial charge in [-0.1, -0.05) is 53.0 Å². The highest BCUT2D eigenvalue weighted by Crippen LogP contribution is 2.37. The molecule has 0 aliphatic carbocycles.